The third-order valence-corrected chi connectivity index (χ3v) is 7.00. The fraction of sp³-hybridized carbons (Fsp3) is 0.267. The molecule has 1 N–H and O–H groups in total. The fourth-order valence-corrected chi connectivity index (χ4v) is 5.17. The van der Waals surface area contributed by atoms with E-state index in [1.54, 1.807) is 0 Å². The van der Waals surface area contributed by atoms with Crippen LogP contribution in [0.15, 0.2) is 84.1 Å². The number of benzene rings is 3. The van der Waals surface area contributed by atoms with Gasteiger partial charge >= 0.3 is 0 Å². The summed E-state index contributed by atoms with van der Waals surface area (Å²) >= 11 is 0. The summed E-state index contributed by atoms with van der Waals surface area (Å²) in [5, 5.41) is 3.59. The zero-order valence-corrected chi connectivity index (χ0v) is 20.0. The Hall–Kier alpha value is -3.66. The van der Waals surface area contributed by atoms with Crippen molar-refractivity contribution in [3.8, 4) is 0 Å². The molecule has 2 aliphatic rings. The summed E-state index contributed by atoms with van der Waals surface area (Å²) in [5.74, 6) is 0.215. The Kier molecular flexibility index (Phi) is 5.82. The van der Waals surface area contributed by atoms with Crippen molar-refractivity contribution >= 4 is 23.1 Å². The molecule has 1 heterocycles. The molecule has 4 heteroatoms. The van der Waals surface area contributed by atoms with Crippen LogP contribution in [0.2, 0.25) is 0 Å². The number of Topliss-reactive ketones (excluding diaryl/α,β-unsaturated/α-hetero) is 1. The number of aryl methyl sites for hydroxylation is 2. The van der Waals surface area contributed by atoms with Gasteiger partial charge in [0, 0.05) is 24.1 Å². The standard InChI is InChI=1S/C30H30N2O2/c1-4-28(34)32-26-8-6-5-7-24(26)31-25-17-23(21-13-9-19(2)10-14-21)18-27(33)29(25)30(32)22-15-11-20(3)12-16-22/h5-16,23,30-31H,4,17-18H2,1-3H3/t23-,30-/m1/s1. The number of allylic oxidation sites excluding steroid dienone is 1. The van der Waals surface area contributed by atoms with Gasteiger partial charge in [-0.05, 0) is 49.4 Å². The normalized spacial score (nSPS) is 19.7. The second-order valence-corrected chi connectivity index (χ2v) is 9.40. The average Bonchev–Trinajstić information content (AvgIpc) is 2.99. The van der Waals surface area contributed by atoms with Crippen LogP contribution >= 0.6 is 0 Å². The molecule has 34 heavy (non-hydrogen) atoms. The highest BCUT2D eigenvalue weighted by molar-refractivity contribution is 6.06. The number of fused-ring (bicyclic) bond motifs is 1. The number of carbonyl (C=O) groups is 2. The molecule has 0 bridgehead atoms. The first kappa shape index (κ1) is 22.1. The monoisotopic (exact) mass is 450 g/mol. The van der Waals surface area contributed by atoms with E-state index in [4.69, 9.17) is 0 Å². The van der Waals surface area contributed by atoms with Crippen molar-refractivity contribution in [1.82, 2.24) is 0 Å². The zero-order chi connectivity index (χ0) is 23.8. The zero-order valence-electron chi connectivity index (χ0n) is 20.0. The van der Waals surface area contributed by atoms with Gasteiger partial charge in [-0.25, -0.2) is 0 Å². The summed E-state index contributed by atoms with van der Waals surface area (Å²) in [7, 11) is 0. The average molecular weight is 451 g/mol. The molecule has 2 atom stereocenters. The minimum Gasteiger partial charge on any atom is -0.357 e. The predicted molar refractivity (Wildman–Crippen MR) is 137 cm³/mol. The van der Waals surface area contributed by atoms with E-state index in [1.807, 2.05) is 55.1 Å². The minimum absolute atomic E-state index is 0.00188. The van der Waals surface area contributed by atoms with Crippen molar-refractivity contribution in [3.63, 3.8) is 0 Å². The van der Waals surface area contributed by atoms with Gasteiger partial charge in [0.1, 0.15) is 0 Å². The van der Waals surface area contributed by atoms with Crippen molar-refractivity contribution in [3.05, 3.63) is 106 Å². The SMILES string of the molecule is CCC(=O)N1c2ccccc2NC2=C(C(=O)C[C@H](c3ccc(C)cc3)C2)[C@H]1c1ccc(C)cc1. The molecule has 0 spiro atoms. The lowest BCUT2D eigenvalue weighted by molar-refractivity contribution is -0.119. The molecule has 3 aromatic carbocycles. The number of anilines is 2. The van der Waals surface area contributed by atoms with E-state index < -0.39 is 6.04 Å². The molecule has 0 saturated heterocycles. The van der Waals surface area contributed by atoms with Crippen molar-refractivity contribution in [2.45, 2.75) is 52.0 Å². The minimum atomic E-state index is -0.453. The van der Waals surface area contributed by atoms with E-state index in [-0.39, 0.29) is 17.6 Å². The molecule has 3 aromatic rings. The molecule has 0 aromatic heterocycles. The predicted octanol–water partition coefficient (Wildman–Crippen LogP) is 6.61. The van der Waals surface area contributed by atoms with Gasteiger partial charge in [0.25, 0.3) is 0 Å². The van der Waals surface area contributed by atoms with Crippen LogP contribution in [-0.2, 0) is 9.59 Å². The quantitative estimate of drug-likeness (QED) is 0.488. The number of ketones is 1. The Bertz CT molecular complexity index is 1270. The van der Waals surface area contributed by atoms with Crippen molar-refractivity contribution in [2.24, 2.45) is 0 Å². The van der Waals surface area contributed by atoms with Gasteiger partial charge in [-0.1, -0.05) is 78.7 Å². The molecule has 1 amide bonds. The highest BCUT2D eigenvalue weighted by Crippen LogP contribution is 2.47. The van der Waals surface area contributed by atoms with Crippen LogP contribution in [-0.4, -0.2) is 11.7 Å². The number of amides is 1. The van der Waals surface area contributed by atoms with E-state index in [0.717, 1.165) is 34.6 Å². The molecule has 5 rings (SSSR count). The molecule has 0 fully saturated rings. The van der Waals surface area contributed by atoms with Gasteiger partial charge < -0.3 is 5.32 Å². The van der Waals surface area contributed by atoms with E-state index in [9.17, 15) is 9.59 Å². The van der Waals surface area contributed by atoms with Crippen LogP contribution < -0.4 is 10.2 Å². The largest absolute Gasteiger partial charge is 0.357 e. The second-order valence-electron chi connectivity index (χ2n) is 9.40. The van der Waals surface area contributed by atoms with Crippen LogP contribution in [0.25, 0.3) is 0 Å². The lowest BCUT2D eigenvalue weighted by Crippen LogP contribution is -2.38. The highest BCUT2D eigenvalue weighted by Gasteiger charge is 2.41. The van der Waals surface area contributed by atoms with Gasteiger partial charge in [0.05, 0.1) is 17.4 Å². The third-order valence-electron chi connectivity index (χ3n) is 7.00. The van der Waals surface area contributed by atoms with Crippen LogP contribution in [0.5, 0.6) is 0 Å². The molecular weight excluding hydrogens is 420 g/mol. The van der Waals surface area contributed by atoms with Gasteiger partial charge in [0.2, 0.25) is 5.91 Å². The first-order valence-electron chi connectivity index (χ1n) is 12.0. The van der Waals surface area contributed by atoms with E-state index in [1.165, 1.54) is 11.1 Å². The van der Waals surface area contributed by atoms with E-state index in [2.05, 4.69) is 48.6 Å². The van der Waals surface area contributed by atoms with Crippen molar-refractivity contribution < 1.29 is 9.59 Å². The van der Waals surface area contributed by atoms with E-state index >= 15 is 0 Å². The maximum absolute atomic E-state index is 13.9. The first-order chi connectivity index (χ1) is 16.5. The van der Waals surface area contributed by atoms with Gasteiger partial charge in [-0.3, -0.25) is 14.5 Å². The van der Waals surface area contributed by atoms with Gasteiger partial charge in [0.15, 0.2) is 5.78 Å². The molecular formula is C30H30N2O2. The molecule has 0 radical (unpaired) electrons. The summed E-state index contributed by atoms with van der Waals surface area (Å²) in [6.07, 6.45) is 1.53. The van der Waals surface area contributed by atoms with Gasteiger partial charge in [-0.15, -0.1) is 0 Å². The van der Waals surface area contributed by atoms with Crippen LogP contribution in [0.1, 0.15) is 60.4 Å². The molecule has 1 aliphatic heterocycles. The number of rotatable bonds is 3. The smallest absolute Gasteiger partial charge is 0.227 e. The number of hydrogen-bond acceptors (Lipinski definition) is 3. The molecule has 0 unspecified atom stereocenters. The summed E-state index contributed by atoms with van der Waals surface area (Å²) in [6.45, 7) is 6.00. The number of nitrogens with one attached hydrogen (secondary N) is 1. The molecule has 0 saturated carbocycles. The summed E-state index contributed by atoms with van der Waals surface area (Å²) in [5.41, 5.74) is 7.81. The number of carbonyl (C=O) groups excluding carboxylic acids is 2. The fourth-order valence-electron chi connectivity index (χ4n) is 5.17. The van der Waals surface area contributed by atoms with E-state index in [0.29, 0.717) is 18.4 Å². The van der Waals surface area contributed by atoms with Crippen LogP contribution in [0, 0.1) is 13.8 Å². The number of nitrogens with zero attached hydrogens (tertiary/aromatic N) is 1. The van der Waals surface area contributed by atoms with Crippen LogP contribution in [0.4, 0.5) is 11.4 Å². The summed E-state index contributed by atoms with van der Waals surface area (Å²) in [6, 6.07) is 24.1. The number of hydrogen-bond donors (Lipinski definition) is 1. The maximum atomic E-state index is 13.9. The highest BCUT2D eigenvalue weighted by atomic mass is 16.2. The van der Waals surface area contributed by atoms with Crippen molar-refractivity contribution in [2.75, 3.05) is 10.2 Å². The lowest BCUT2D eigenvalue weighted by atomic mass is 9.78. The maximum Gasteiger partial charge on any atom is 0.227 e. The molecule has 1 aliphatic carbocycles. The number of para-hydroxylation sites is 2. The molecule has 4 nitrogen and oxygen atoms in total. The molecule has 172 valence electrons. The second kappa shape index (κ2) is 8.94. The summed E-state index contributed by atoms with van der Waals surface area (Å²) in [4.78, 5) is 29.1. The first-order valence-corrected chi connectivity index (χ1v) is 12.0. The topological polar surface area (TPSA) is 49.4 Å². The third kappa shape index (κ3) is 3.94. The Morgan fingerprint density at radius 1 is 0.882 bits per heavy atom. The summed E-state index contributed by atoms with van der Waals surface area (Å²) < 4.78 is 0. The Morgan fingerprint density at radius 2 is 1.50 bits per heavy atom. The Labute approximate surface area is 201 Å². The lowest BCUT2D eigenvalue weighted by Gasteiger charge is -2.35. The van der Waals surface area contributed by atoms with Gasteiger partial charge in [-0.2, -0.15) is 0 Å². The Balaban J connectivity index is 1.69. The van der Waals surface area contributed by atoms with Crippen LogP contribution in [0.3, 0.4) is 0 Å². The van der Waals surface area contributed by atoms with Crippen molar-refractivity contribution in [1.29, 1.82) is 0 Å². The Morgan fingerprint density at radius 3 is 2.15 bits per heavy atom.